The smallest absolute Gasteiger partial charge is 0.240 e. The predicted molar refractivity (Wildman–Crippen MR) is 130 cm³/mol. The molecule has 1 aromatic heterocycles. The number of amides is 2. The van der Waals surface area contributed by atoms with Gasteiger partial charge >= 0.3 is 0 Å². The van der Waals surface area contributed by atoms with E-state index in [-0.39, 0.29) is 29.7 Å². The van der Waals surface area contributed by atoms with Gasteiger partial charge in [-0.1, -0.05) is 46.7 Å². The van der Waals surface area contributed by atoms with E-state index in [2.05, 4.69) is 20.2 Å². The van der Waals surface area contributed by atoms with Crippen molar-refractivity contribution < 1.29 is 18.0 Å². The van der Waals surface area contributed by atoms with E-state index in [1.165, 1.54) is 11.3 Å². The third-order valence-electron chi connectivity index (χ3n) is 5.50. The Balaban J connectivity index is 1.29. The maximum absolute atomic E-state index is 12.7. The van der Waals surface area contributed by atoms with Crippen molar-refractivity contribution in [1.29, 1.82) is 0 Å². The van der Waals surface area contributed by atoms with Crippen LogP contribution in [0.25, 0.3) is 0 Å². The van der Waals surface area contributed by atoms with Crippen molar-refractivity contribution in [3.63, 3.8) is 0 Å². The molecule has 2 heterocycles. The summed E-state index contributed by atoms with van der Waals surface area (Å²) in [5.74, 6) is -0.865. The first-order valence-electron chi connectivity index (χ1n) is 10.8. The summed E-state index contributed by atoms with van der Waals surface area (Å²) in [5.41, 5.74) is 2.85. The SMILES string of the molecule is Cc1ccc(N2CC(C(=O)Nc3nnc(CCNS(=O)(=O)c4ccc(C)cc4)s3)CC2=O)cc1. The number of carbonyl (C=O) groups excluding carboxylic acids is 2. The quantitative estimate of drug-likeness (QED) is 0.492. The monoisotopic (exact) mass is 499 g/mol. The fourth-order valence-corrected chi connectivity index (χ4v) is 5.34. The molecular formula is C23H25N5O4S2. The van der Waals surface area contributed by atoms with Crippen LogP contribution in [0.2, 0.25) is 0 Å². The number of anilines is 2. The van der Waals surface area contributed by atoms with E-state index in [4.69, 9.17) is 0 Å². The highest BCUT2D eigenvalue weighted by Gasteiger charge is 2.35. The molecule has 0 bridgehead atoms. The van der Waals surface area contributed by atoms with E-state index < -0.39 is 15.9 Å². The van der Waals surface area contributed by atoms with Crippen LogP contribution >= 0.6 is 11.3 Å². The maximum atomic E-state index is 12.7. The van der Waals surface area contributed by atoms with E-state index >= 15 is 0 Å². The minimum atomic E-state index is -3.61. The number of aryl methyl sites for hydroxylation is 2. The zero-order valence-electron chi connectivity index (χ0n) is 18.8. The zero-order chi connectivity index (χ0) is 24.3. The first-order chi connectivity index (χ1) is 16.2. The number of benzene rings is 2. The molecule has 9 nitrogen and oxygen atoms in total. The highest BCUT2D eigenvalue weighted by Crippen LogP contribution is 2.27. The van der Waals surface area contributed by atoms with Crippen LogP contribution in [-0.4, -0.2) is 43.5 Å². The number of rotatable bonds is 8. The van der Waals surface area contributed by atoms with Crippen LogP contribution in [0, 0.1) is 19.8 Å². The van der Waals surface area contributed by atoms with Gasteiger partial charge in [-0.2, -0.15) is 0 Å². The van der Waals surface area contributed by atoms with Gasteiger partial charge in [0.1, 0.15) is 5.01 Å². The standard InChI is InChI=1S/C23H25N5O4S2/c1-15-3-7-18(8-4-15)28-14-17(13-21(28)29)22(30)25-23-27-26-20(33-23)11-12-24-34(31,32)19-9-5-16(2)6-10-19/h3-10,17,24H,11-14H2,1-2H3,(H,25,27,30). The van der Waals surface area contributed by atoms with Gasteiger partial charge < -0.3 is 10.2 Å². The molecule has 0 aliphatic carbocycles. The second kappa shape index (κ2) is 10.00. The molecule has 1 unspecified atom stereocenters. The molecule has 1 aliphatic rings. The number of nitrogens with one attached hydrogen (secondary N) is 2. The largest absolute Gasteiger partial charge is 0.312 e. The van der Waals surface area contributed by atoms with E-state index in [9.17, 15) is 18.0 Å². The van der Waals surface area contributed by atoms with Crippen LogP contribution in [-0.2, 0) is 26.0 Å². The first-order valence-corrected chi connectivity index (χ1v) is 13.1. The molecule has 0 spiro atoms. The normalized spacial score (nSPS) is 16.1. The summed E-state index contributed by atoms with van der Waals surface area (Å²) < 4.78 is 27.3. The molecule has 3 aromatic rings. The van der Waals surface area contributed by atoms with E-state index in [1.54, 1.807) is 29.2 Å². The Morgan fingerprint density at radius 2 is 1.71 bits per heavy atom. The Bertz CT molecular complexity index is 1290. The predicted octanol–water partition coefficient (Wildman–Crippen LogP) is 2.67. The average molecular weight is 500 g/mol. The molecule has 2 amide bonds. The van der Waals surface area contributed by atoms with Crippen molar-refractivity contribution in [1.82, 2.24) is 14.9 Å². The van der Waals surface area contributed by atoms with E-state index in [0.29, 0.717) is 23.1 Å². The minimum Gasteiger partial charge on any atom is -0.312 e. The summed E-state index contributed by atoms with van der Waals surface area (Å²) in [4.78, 5) is 26.9. The van der Waals surface area contributed by atoms with Crippen LogP contribution in [0.3, 0.4) is 0 Å². The fourth-order valence-electron chi connectivity index (χ4n) is 3.56. The van der Waals surface area contributed by atoms with Crippen LogP contribution in [0.4, 0.5) is 10.8 Å². The molecule has 1 atom stereocenters. The number of carbonyl (C=O) groups is 2. The second-order valence-corrected chi connectivity index (χ2v) is 11.0. The van der Waals surface area contributed by atoms with Crippen LogP contribution in [0.15, 0.2) is 53.4 Å². The number of hydrogen-bond acceptors (Lipinski definition) is 7. The zero-order valence-corrected chi connectivity index (χ0v) is 20.4. The van der Waals surface area contributed by atoms with Crippen molar-refractivity contribution in [3.05, 3.63) is 64.7 Å². The lowest BCUT2D eigenvalue weighted by Gasteiger charge is -2.16. The number of aromatic nitrogens is 2. The second-order valence-electron chi connectivity index (χ2n) is 8.19. The highest BCUT2D eigenvalue weighted by atomic mass is 32.2. The van der Waals surface area contributed by atoms with Crippen molar-refractivity contribution in [2.45, 2.75) is 31.6 Å². The molecule has 34 heavy (non-hydrogen) atoms. The van der Waals surface area contributed by atoms with Crippen LogP contribution < -0.4 is 14.9 Å². The summed E-state index contributed by atoms with van der Waals surface area (Å²) in [5, 5.41) is 11.6. The molecule has 1 fully saturated rings. The summed E-state index contributed by atoms with van der Waals surface area (Å²) in [6.07, 6.45) is 0.466. The maximum Gasteiger partial charge on any atom is 0.240 e. The van der Waals surface area contributed by atoms with Gasteiger partial charge in [-0.3, -0.25) is 9.59 Å². The first kappa shape index (κ1) is 24.0. The van der Waals surface area contributed by atoms with Gasteiger partial charge in [0.05, 0.1) is 10.8 Å². The molecule has 0 saturated carbocycles. The van der Waals surface area contributed by atoms with Gasteiger partial charge in [-0.25, -0.2) is 13.1 Å². The van der Waals surface area contributed by atoms with Gasteiger partial charge in [0, 0.05) is 31.6 Å². The molecule has 4 rings (SSSR count). The lowest BCUT2D eigenvalue weighted by Crippen LogP contribution is -2.28. The molecule has 1 saturated heterocycles. The molecule has 11 heteroatoms. The Hall–Kier alpha value is -3.15. The molecule has 2 aromatic carbocycles. The van der Waals surface area contributed by atoms with Crippen molar-refractivity contribution >= 4 is 44.0 Å². The van der Waals surface area contributed by atoms with Crippen molar-refractivity contribution in [2.75, 3.05) is 23.3 Å². The van der Waals surface area contributed by atoms with Crippen LogP contribution in [0.5, 0.6) is 0 Å². The summed E-state index contributed by atoms with van der Waals surface area (Å²) in [6, 6.07) is 14.2. The third kappa shape index (κ3) is 5.66. The lowest BCUT2D eigenvalue weighted by molar-refractivity contribution is -0.122. The summed E-state index contributed by atoms with van der Waals surface area (Å²) in [6.45, 7) is 4.32. The number of hydrogen-bond donors (Lipinski definition) is 2. The van der Waals surface area contributed by atoms with Crippen LogP contribution in [0.1, 0.15) is 22.6 Å². The van der Waals surface area contributed by atoms with Crippen molar-refractivity contribution in [2.24, 2.45) is 5.92 Å². The molecular weight excluding hydrogens is 474 g/mol. The highest BCUT2D eigenvalue weighted by molar-refractivity contribution is 7.89. The van der Waals surface area contributed by atoms with Gasteiger partial charge in [0.2, 0.25) is 27.0 Å². The summed E-state index contributed by atoms with van der Waals surface area (Å²) >= 11 is 1.18. The topological polar surface area (TPSA) is 121 Å². The van der Waals surface area contributed by atoms with E-state index in [0.717, 1.165) is 16.8 Å². The Kier molecular flexibility index (Phi) is 7.05. The van der Waals surface area contributed by atoms with Gasteiger partial charge in [-0.05, 0) is 38.1 Å². The summed E-state index contributed by atoms with van der Waals surface area (Å²) in [7, 11) is -3.61. The van der Waals surface area contributed by atoms with Crippen molar-refractivity contribution in [3.8, 4) is 0 Å². The van der Waals surface area contributed by atoms with E-state index in [1.807, 2.05) is 38.1 Å². The average Bonchev–Trinajstić information content (AvgIpc) is 3.41. The van der Waals surface area contributed by atoms with Gasteiger partial charge in [-0.15, -0.1) is 10.2 Å². The molecule has 1 aliphatic heterocycles. The Morgan fingerprint density at radius 1 is 1.06 bits per heavy atom. The van der Waals surface area contributed by atoms with Gasteiger partial charge in [0.25, 0.3) is 0 Å². The van der Waals surface area contributed by atoms with Gasteiger partial charge in [0.15, 0.2) is 0 Å². The molecule has 178 valence electrons. The third-order valence-corrected chi connectivity index (χ3v) is 7.88. The lowest BCUT2D eigenvalue weighted by atomic mass is 10.1. The molecule has 2 N–H and O–H groups in total. The number of nitrogens with zero attached hydrogens (tertiary/aromatic N) is 3. The minimum absolute atomic E-state index is 0.0946. The molecule has 0 radical (unpaired) electrons. The fraction of sp³-hybridized carbons (Fsp3) is 0.304. The Morgan fingerprint density at radius 3 is 2.38 bits per heavy atom. The Labute approximate surface area is 202 Å². The number of sulfonamides is 1.